The number of urea groups is 2. The van der Waals surface area contributed by atoms with Gasteiger partial charge in [-0.2, -0.15) is 10.0 Å². The molecule has 2 rings (SSSR count). The summed E-state index contributed by atoms with van der Waals surface area (Å²) in [5.74, 6) is 0. The van der Waals surface area contributed by atoms with Crippen LogP contribution in [-0.2, 0) is 0 Å². The molecule has 0 aliphatic heterocycles. The topological polar surface area (TPSA) is 124 Å². The number of nitrogens with zero attached hydrogens (tertiary/aromatic N) is 4. The molecule has 0 bridgehead atoms. The minimum Gasteiger partial charge on any atom is -0.334 e. The van der Waals surface area contributed by atoms with E-state index in [9.17, 15) is 19.4 Å². The Kier molecular flexibility index (Phi) is 11.9. The van der Waals surface area contributed by atoms with Gasteiger partial charge in [-0.05, 0) is 38.5 Å². The van der Waals surface area contributed by atoms with E-state index < -0.39 is 12.1 Å². The summed E-state index contributed by atoms with van der Waals surface area (Å²) in [6.07, 6.45) is 14.6. The zero-order valence-corrected chi connectivity index (χ0v) is 18.6. The number of carbonyl (C=O) groups is 2. The standard InChI is InChI=1S/C21H38N6O4/c28-20(22-18-12-6-4-7-13-18)26(24-30)16-10-2-1-3-11-17-27(25-31)21(29)23-19-14-8-5-9-15-19/h18-19H,1-17H2,(H,22,28)(H,23,29). The summed E-state index contributed by atoms with van der Waals surface area (Å²) in [5, 5.41) is 13.5. The zero-order chi connectivity index (χ0) is 22.3. The van der Waals surface area contributed by atoms with Crippen molar-refractivity contribution in [3.63, 3.8) is 0 Å². The van der Waals surface area contributed by atoms with Gasteiger partial charge in [0.15, 0.2) is 0 Å². The number of rotatable bonds is 12. The van der Waals surface area contributed by atoms with E-state index in [4.69, 9.17) is 0 Å². The summed E-state index contributed by atoms with van der Waals surface area (Å²) in [6, 6.07) is -0.512. The molecule has 2 fully saturated rings. The van der Waals surface area contributed by atoms with Gasteiger partial charge in [0.05, 0.1) is 10.6 Å². The fourth-order valence-corrected chi connectivity index (χ4v) is 4.40. The monoisotopic (exact) mass is 438 g/mol. The van der Waals surface area contributed by atoms with Crippen LogP contribution in [0.1, 0.15) is 96.3 Å². The van der Waals surface area contributed by atoms with E-state index in [1.807, 2.05) is 0 Å². The lowest BCUT2D eigenvalue weighted by atomic mass is 9.96. The SMILES string of the molecule is O=NN(CCCCCCCN(N=O)C(=O)NC1CCCCC1)C(=O)NC1CCCCC1. The van der Waals surface area contributed by atoms with Gasteiger partial charge in [0, 0.05) is 25.2 Å². The lowest BCUT2D eigenvalue weighted by Gasteiger charge is -2.24. The van der Waals surface area contributed by atoms with Crippen molar-refractivity contribution in [3.8, 4) is 0 Å². The van der Waals surface area contributed by atoms with Crippen LogP contribution < -0.4 is 10.6 Å². The Hall–Kier alpha value is -2.26. The van der Waals surface area contributed by atoms with E-state index in [-0.39, 0.29) is 12.1 Å². The first-order chi connectivity index (χ1) is 15.1. The third-order valence-electron chi connectivity index (χ3n) is 6.27. The molecule has 0 aromatic carbocycles. The molecule has 0 aromatic heterocycles. The van der Waals surface area contributed by atoms with Gasteiger partial charge in [-0.1, -0.05) is 57.8 Å². The van der Waals surface area contributed by atoms with Gasteiger partial charge in [0.1, 0.15) is 0 Å². The maximum Gasteiger partial charge on any atom is 0.340 e. The molecule has 0 aromatic rings. The summed E-state index contributed by atoms with van der Waals surface area (Å²) in [5.41, 5.74) is 0. The summed E-state index contributed by atoms with van der Waals surface area (Å²) < 4.78 is 0. The number of carbonyl (C=O) groups excluding carboxylic acids is 2. The molecule has 0 atom stereocenters. The van der Waals surface area contributed by atoms with Crippen molar-refractivity contribution in [2.24, 2.45) is 10.6 Å². The van der Waals surface area contributed by atoms with Gasteiger partial charge < -0.3 is 10.6 Å². The molecule has 0 saturated heterocycles. The summed E-state index contributed by atoms with van der Waals surface area (Å²) in [4.78, 5) is 46.3. The maximum absolute atomic E-state index is 12.2. The molecular formula is C21H38N6O4. The van der Waals surface area contributed by atoms with Crippen LogP contribution in [0.4, 0.5) is 9.59 Å². The Bertz CT molecular complexity index is 516. The Morgan fingerprint density at radius 1 is 0.613 bits per heavy atom. The first kappa shape index (κ1) is 25.0. The maximum atomic E-state index is 12.2. The second-order valence-corrected chi connectivity index (χ2v) is 8.75. The predicted octanol–water partition coefficient (Wildman–Crippen LogP) is 4.99. The number of amides is 4. The van der Waals surface area contributed by atoms with E-state index in [1.165, 1.54) is 12.8 Å². The van der Waals surface area contributed by atoms with E-state index >= 15 is 0 Å². The molecule has 0 heterocycles. The lowest BCUT2D eigenvalue weighted by Crippen LogP contribution is -2.43. The number of unbranched alkanes of at least 4 members (excludes halogenated alkanes) is 4. The normalized spacial score (nSPS) is 17.5. The van der Waals surface area contributed by atoms with Crippen LogP contribution in [0.25, 0.3) is 0 Å². The summed E-state index contributed by atoms with van der Waals surface area (Å²) >= 11 is 0. The van der Waals surface area contributed by atoms with Crippen molar-refractivity contribution >= 4 is 12.1 Å². The van der Waals surface area contributed by atoms with Gasteiger partial charge >= 0.3 is 12.1 Å². The average Bonchev–Trinajstić information content (AvgIpc) is 2.79. The summed E-state index contributed by atoms with van der Waals surface area (Å²) in [6.45, 7) is 0.599. The molecule has 176 valence electrons. The zero-order valence-electron chi connectivity index (χ0n) is 18.6. The van der Waals surface area contributed by atoms with Gasteiger partial charge in [-0.15, -0.1) is 9.81 Å². The number of hydrogen-bond acceptors (Lipinski definition) is 6. The highest BCUT2D eigenvalue weighted by molar-refractivity contribution is 5.74. The van der Waals surface area contributed by atoms with Gasteiger partial charge in [0.25, 0.3) is 0 Å². The van der Waals surface area contributed by atoms with Crippen LogP contribution in [0.15, 0.2) is 10.6 Å². The highest BCUT2D eigenvalue weighted by Gasteiger charge is 2.21. The predicted molar refractivity (Wildman–Crippen MR) is 119 cm³/mol. The molecule has 31 heavy (non-hydrogen) atoms. The molecule has 4 amide bonds. The van der Waals surface area contributed by atoms with Crippen molar-refractivity contribution in [1.29, 1.82) is 0 Å². The Labute approximate surface area is 184 Å². The number of nitroso groups, excluding NO2 is 2. The number of hydrogen-bond donors (Lipinski definition) is 2. The van der Waals surface area contributed by atoms with Crippen molar-refractivity contribution < 1.29 is 9.59 Å². The molecule has 0 unspecified atom stereocenters. The van der Waals surface area contributed by atoms with Crippen LogP contribution in [0.5, 0.6) is 0 Å². The quantitative estimate of drug-likeness (QED) is 0.253. The minimum atomic E-state index is -0.404. The Morgan fingerprint density at radius 3 is 1.32 bits per heavy atom. The highest BCUT2D eigenvalue weighted by Crippen LogP contribution is 2.18. The molecule has 2 saturated carbocycles. The van der Waals surface area contributed by atoms with Crippen LogP contribution >= 0.6 is 0 Å². The highest BCUT2D eigenvalue weighted by atomic mass is 16.3. The minimum absolute atomic E-state index is 0.148. The lowest BCUT2D eigenvalue weighted by molar-refractivity contribution is 0.189. The van der Waals surface area contributed by atoms with E-state index in [0.717, 1.165) is 80.6 Å². The van der Waals surface area contributed by atoms with Crippen LogP contribution in [0.3, 0.4) is 0 Å². The van der Waals surface area contributed by atoms with Crippen LogP contribution in [-0.4, -0.2) is 47.3 Å². The van der Waals surface area contributed by atoms with E-state index in [2.05, 4.69) is 21.2 Å². The number of nitrogens with one attached hydrogen (secondary N) is 2. The molecule has 10 heteroatoms. The molecule has 2 aliphatic rings. The fraction of sp³-hybridized carbons (Fsp3) is 0.905. The van der Waals surface area contributed by atoms with E-state index in [0.29, 0.717) is 25.9 Å². The second kappa shape index (κ2) is 14.7. The van der Waals surface area contributed by atoms with E-state index in [1.54, 1.807) is 0 Å². The van der Waals surface area contributed by atoms with Crippen LogP contribution in [0, 0.1) is 9.81 Å². The molecule has 10 nitrogen and oxygen atoms in total. The van der Waals surface area contributed by atoms with Gasteiger partial charge in [0.2, 0.25) is 0 Å². The molecular weight excluding hydrogens is 400 g/mol. The average molecular weight is 439 g/mol. The smallest absolute Gasteiger partial charge is 0.334 e. The molecule has 0 spiro atoms. The largest absolute Gasteiger partial charge is 0.340 e. The third kappa shape index (κ3) is 9.61. The first-order valence-electron chi connectivity index (χ1n) is 12.0. The van der Waals surface area contributed by atoms with Crippen molar-refractivity contribution in [2.45, 2.75) is 108 Å². The third-order valence-corrected chi connectivity index (χ3v) is 6.27. The van der Waals surface area contributed by atoms with Gasteiger partial charge in [-0.3, -0.25) is 0 Å². The second-order valence-electron chi connectivity index (χ2n) is 8.75. The molecule has 2 N–H and O–H groups in total. The first-order valence-corrected chi connectivity index (χ1v) is 12.0. The Balaban J connectivity index is 1.53. The van der Waals surface area contributed by atoms with Crippen molar-refractivity contribution in [3.05, 3.63) is 9.81 Å². The van der Waals surface area contributed by atoms with Crippen LogP contribution in [0.2, 0.25) is 0 Å². The van der Waals surface area contributed by atoms with Crippen molar-refractivity contribution in [1.82, 2.24) is 20.7 Å². The Morgan fingerprint density at radius 2 is 0.968 bits per heavy atom. The summed E-state index contributed by atoms with van der Waals surface area (Å²) in [7, 11) is 0. The molecule has 2 aliphatic carbocycles. The fourth-order valence-electron chi connectivity index (χ4n) is 4.40. The van der Waals surface area contributed by atoms with Gasteiger partial charge in [-0.25, -0.2) is 9.59 Å². The van der Waals surface area contributed by atoms with Crippen molar-refractivity contribution in [2.75, 3.05) is 13.1 Å². The molecule has 0 radical (unpaired) electrons.